The molecule has 1 heterocycles. The van der Waals surface area contributed by atoms with Crippen molar-refractivity contribution in [2.75, 3.05) is 20.3 Å². The monoisotopic (exact) mass is 227 g/mol. The number of hydrogen-bond acceptors (Lipinski definition) is 4. The fraction of sp³-hybridized carbons (Fsp3) is 0.600. The summed E-state index contributed by atoms with van der Waals surface area (Å²) in [7, 11) is 3.25. The summed E-state index contributed by atoms with van der Waals surface area (Å²) in [5, 5.41) is 16.0. The van der Waals surface area contributed by atoms with Crippen molar-refractivity contribution in [2.45, 2.75) is 13.0 Å². The maximum atomic E-state index is 11.7. The Labute approximate surface area is 94.2 Å². The van der Waals surface area contributed by atoms with Crippen LogP contribution in [0.15, 0.2) is 6.20 Å². The van der Waals surface area contributed by atoms with Gasteiger partial charge in [-0.05, 0) is 6.92 Å². The maximum Gasteiger partial charge on any atom is 0.254 e. The van der Waals surface area contributed by atoms with Gasteiger partial charge in [-0.1, -0.05) is 0 Å². The smallest absolute Gasteiger partial charge is 0.254 e. The van der Waals surface area contributed by atoms with Gasteiger partial charge < -0.3 is 15.2 Å². The highest BCUT2D eigenvalue weighted by molar-refractivity contribution is 5.94. The van der Waals surface area contributed by atoms with Crippen LogP contribution in [0.25, 0.3) is 0 Å². The second kappa shape index (κ2) is 5.62. The number of aryl methyl sites for hydroxylation is 2. The molecule has 1 unspecified atom stereocenters. The first-order valence-electron chi connectivity index (χ1n) is 5.00. The van der Waals surface area contributed by atoms with Crippen LogP contribution < -0.4 is 5.32 Å². The molecule has 0 aliphatic carbocycles. The molecule has 0 aliphatic rings. The minimum atomic E-state index is -0.689. The van der Waals surface area contributed by atoms with Crippen LogP contribution in [-0.4, -0.2) is 47.2 Å². The topological polar surface area (TPSA) is 76.4 Å². The summed E-state index contributed by atoms with van der Waals surface area (Å²) < 4.78 is 6.33. The molecule has 6 heteroatoms. The number of aliphatic hydroxyl groups excluding tert-OH is 1. The van der Waals surface area contributed by atoms with E-state index in [0.717, 1.165) is 0 Å². The van der Waals surface area contributed by atoms with Gasteiger partial charge in [-0.3, -0.25) is 9.48 Å². The second-order valence-corrected chi connectivity index (χ2v) is 3.62. The van der Waals surface area contributed by atoms with Gasteiger partial charge in [0, 0.05) is 26.9 Å². The summed E-state index contributed by atoms with van der Waals surface area (Å²) in [6.45, 7) is 2.13. The first kappa shape index (κ1) is 12.7. The molecule has 1 amide bonds. The summed E-state index contributed by atoms with van der Waals surface area (Å²) in [5.74, 6) is -0.235. The highest BCUT2D eigenvalue weighted by atomic mass is 16.5. The quantitative estimate of drug-likeness (QED) is 0.708. The maximum absolute atomic E-state index is 11.7. The molecule has 6 nitrogen and oxygen atoms in total. The van der Waals surface area contributed by atoms with Crippen LogP contribution in [0.4, 0.5) is 0 Å². The lowest BCUT2D eigenvalue weighted by atomic mass is 10.2. The number of hydrogen-bond donors (Lipinski definition) is 2. The van der Waals surface area contributed by atoms with Crippen LogP contribution in [-0.2, 0) is 11.8 Å². The first-order valence-corrected chi connectivity index (χ1v) is 5.00. The number of aliphatic hydroxyl groups is 1. The van der Waals surface area contributed by atoms with E-state index >= 15 is 0 Å². The van der Waals surface area contributed by atoms with Crippen molar-refractivity contribution in [3.63, 3.8) is 0 Å². The third-order valence-corrected chi connectivity index (χ3v) is 2.12. The van der Waals surface area contributed by atoms with Gasteiger partial charge in [0.1, 0.15) is 0 Å². The van der Waals surface area contributed by atoms with E-state index < -0.39 is 6.10 Å². The fourth-order valence-electron chi connectivity index (χ4n) is 1.38. The van der Waals surface area contributed by atoms with Crippen molar-refractivity contribution >= 4 is 5.91 Å². The minimum Gasteiger partial charge on any atom is -0.389 e. The van der Waals surface area contributed by atoms with E-state index in [-0.39, 0.29) is 19.1 Å². The van der Waals surface area contributed by atoms with Crippen LogP contribution in [0, 0.1) is 6.92 Å². The zero-order valence-electron chi connectivity index (χ0n) is 9.73. The van der Waals surface area contributed by atoms with Crippen molar-refractivity contribution in [1.82, 2.24) is 15.1 Å². The number of rotatable bonds is 5. The van der Waals surface area contributed by atoms with Crippen molar-refractivity contribution in [1.29, 1.82) is 0 Å². The average molecular weight is 227 g/mol. The minimum absolute atomic E-state index is 0.168. The lowest BCUT2D eigenvalue weighted by Crippen LogP contribution is -2.34. The molecule has 0 aromatic carbocycles. The van der Waals surface area contributed by atoms with Crippen LogP contribution in [0.1, 0.15) is 16.1 Å². The van der Waals surface area contributed by atoms with Gasteiger partial charge in [-0.15, -0.1) is 0 Å². The molecule has 0 saturated heterocycles. The Morgan fingerprint density at radius 1 is 1.75 bits per heavy atom. The molecular formula is C10H17N3O3. The van der Waals surface area contributed by atoms with Gasteiger partial charge in [0.25, 0.3) is 5.91 Å². The van der Waals surface area contributed by atoms with Gasteiger partial charge in [0.2, 0.25) is 0 Å². The largest absolute Gasteiger partial charge is 0.389 e. The number of nitrogens with one attached hydrogen (secondary N) is 1. The first-order chi connectivity index (χ1) is 7.54. The molecule has 1 rings (SSSR count). The van der Waals surface area contributed by atoms with Crippen molar-refractivity contribution in [3.05, 3.63) is 17.5 Å². The molecule has 90 valence electrons. The molecule has 1 atom stereocenters. The number of carbonyl (C=O) groups excluding carboxylic acids is 1. The number of amides is 1. The Balaban J connectivity index is 2.50. The van der Waals surface area contributed by atoms with Gasteiger partial charge in [0.15, 0.2) is 0 Å². The van der Waals surface area contributed by atoms with E-state index in [1.807, 2.05) is 0 Å². The number of aromatic nitrogens is 2. The van der Waals surface area contributed by atoms with Crippen LogP contribution >= 0.6 is 0 Å². The van der Waals surface area contributed by atoms with Gasteiger partial charge in [0.05, 0.1) is 24.0 Å². The predicted octanol–water partition coefficient (Wildman–Crippen LogP) is -0.534. The van der Waals surface area contributed by atoms with Crippen LogP contribution in [0.3, 0.4) is 0 Å². The second-order valence-electron chi connectivity index (χ2n) is 3.62. The molecule has 0 spiro atoms. The SMILES string of the molecule is COCC(O)CNC(=O)c1cn(C)nc1C. The predicted molar refractivity (Wildman–Crippen MR) is 58.2 cm³/mol. The van der Waals surface area contributed by atoms with Crippen LogP contribution in [0.2, 0.25) is 0 Å². The molecule has 16 heavy (non-hydrogen) atoms. The molecule has 0 bridgehead atoms. The Hall–Kier alpha value is -1.40. The van der Waals surface area contributed by atoms with Crippen molar-refractivity contribution < 1.29 is 14.6 Å². The Bertz CT molecular complexity index is 362. The van der Waals surface area contributed by atoms with Crippen molar-refractivity contribution in [2.24, 2.45) is 7.05 Å². The lowest BCUT2D eigenvalue weighted by molar-refractivity contribution is 0.0609. The van der Waals surface area contributed by atoms with Gasteiger partial charge in [-0.25, -0.2) is 0 Å². The third kappa shape index (κ3) is 3.32. The van der Waals surface area contributed by atoms with E-state index in [4.69, 9.17) is 4.74 Å². The molecule has 2 N–H and O–H groups in total. The molecule has 0 aliphatic heterocycles. The summed E-state index contributed by atoms with van der Waals surface area (Å²) in [6, 6.07) is 0. The Morgan fingerprint density at radius 3 is 2.94 bits per heavy atom. The Kier molecular flexibility index (Phi) is 4.45. The molecule has 0 radical (unpaired) electrons. The molecule has 1 aromatic heterocycles. The van der Waals surface area contributed by atoms with Crippen LogP contribution in [0.5, 0.6) is 0 Å². The van der Waals surface area contributed by atoms with Crippen molar-refractivity contribution in [3.8, 4) is 0 Å². The molecule has 0 saturated carbocycles. The Morgan fingerprint density at radius 2 is 2.44 bits per heavy atom. The standard InChI is InChI=1S/C10H17N3O3/c1-7-9(5-13(2)12-7)10(15)11-4-8(14)6-16-3/h5,8,14H,4,6H2,1-3H3,(H,11,15). The van der Waals surface area contributed by atoms with E-state index in [2.05, 4.69) is 10.4 Å². The summed E-state index contributed by atoms with van der Waals surface area (Å²) in [5.41, 5.74) is 1.19. The van der Waals surface area contributed by atoms with E-state index in [1.54, 1.807) is 24.9 Å². The molecule has 0 fully saturated rings. The fourth-order valence-corrected chi connectivity index (χ4v) is 1.38. The molecule has 1 aromatic rings. The number of methoxy groups -OCH3 is 1. The number of carbonyl (C=O) groups is 1. The average Bonchev–Trinajstić information content (AvgIpc) is 2.55. The van der Waals surface area contributed by atoms with E-state index in [9.17, 15) is 9.90 Å². The summed E-state index contributed by atoms with van der Waals surface area (Å²) in [6.07, 6.45) is 0.957. The van der Waals surface area contributed by atoms with E-state index in [0.29, 0.717) is 11.3 Å². The zero-order chi connectivity index (χ0) is 12.1. The third-order valence-electron chi connectivity index (χ3n) is 2.12. The summed E-state index contributed by atoms with van der Waals surface area (Å²) >= 11 is 0. The van der Waals surface area contributed by atoms with E-state index in [1.165, 1.54) is 7.11 Å². The number of ether oxygens (including phenoxy) is 1. The van der Waals surface area contributed by atoms with Gasteiger partial charge >= 0.3 is 0 Å². The number of nitrogens with zero attached hydrogens (tertiary/aromatic N) is 2. The molecular weight excluding hydrogens is 210 g/mol. The highest BCUT2D eigenvalue weighted by Crippen LogP contribution is 2.03. The lowest BCUT2D eigenvalue weighted by Gasteiger charge is -2.10. The zero-order valence-corrected chi connectivity index (χ0v) is 9.73. The highest BCUT2D eigenvalue weighted by Gasteiger charge is 2.13. The summed E-state index contributed by atoms with van der Waals surface area (Å²) in [4.78, 5) is 11.7. The van der Waals surface area contributed by atoms with Gasteiger partial charge in [-0.2, -0.15) is 5.10 Å². The normalized spacial score (nSPS) is 12.5.